The van der Waals surface area contributed by atoms with Crippen LogP contribution in [-0.2, 0) is 30.8 Å². The average molecular weight is 461 g/mol. The highest BCUT2D eigenvalue weighted by molar-refractivity contribution is 7.89. The van der Waals surface area contributed by atoms with Gasteiger partial charge in [0.1, 0.15) is 11.3 Å². The van der Waals surface area contributed by atoms with E-state index >= 15 is 0 Å². The fraction of sp³-hybridized carbons (Fsp3) is 0.273. The molecule has 0 aliphatic heterocycles. The Hall–Kier alpha value is -3.37. The van der Waals surface area contributed by atoms with E-state index in [1.165, 1.54) is 49.6 Å². The van der Waals surface area contributed by atoms with E-state index in [1.807, 2.05) is 0 Å². The van der Waals surface area contributed by atoms with Gasteiger partial charge in [-0.25, -0.2) is 13.1 Å². The zero-order valence-corrected chi connectivity index (χ0v) is 18.6. The number of carbonyl (C=O) groups excluding carboxylic acids is 2. The SMILES string of the molecule is CC(C)NS(=O)(=O)c1ccc(NC(=O)C(C)OC(=O)Cc2coc3cc(O)ccc23)cc1. The van der Waals surface area contributed by atoms with Gasteiger partial charge in [-0.05, 0) is 57.2 Å². The van der Waals surface area contributed by atoms with Gasteiger partial charge in [0.25, 0.3) is 5.91 Å². The average Bonchev–Trinajstić information content (AvgIpc) is 3.08. The van der Waals surface area contributed by atoms with Crippen molar-refractivity contribution in [2.24, 2.45) is 0 Å². The van der Waals surface area contributed by atoms with Crippen molar-refractivity contribution in [1.29, 1.82) is 0 Å². The van der Waals surface area contributed by atoms with Crippen molar-refractivity contribution in [3.8, 4) is 5.75 Å². The molecule has 0 saturated heterocycles. The third-order valence-corrected chi connectivity index (χ3v) is 6.15. The number of phenolic OH excluding ortho intramolecular Hbond substituents is 1. The highest BCUT2D eigenvalue weighted by Crippen LogP contribution is 2.25. The highest BCUT2D eigenvalue weighted by Gasteiger charge is 2.20. The van der Waals surface area contributed by atoms with Crippen LogP contribution in [0.1, 0.15) is 26.3 Å². The number of benzene rings is 2. The minimum atomic E-state index is -3.63. The lowest BCUT2D eigenvalue weighted by molar-refractivity contribution is -0.152. The predicted molar refractivity (Wildman–Crippen MR) is 118 cm³/mol. The molecular formula is C22H24N2O7S. The van der Waals surface area contributed by atoms with Crippen molar-refractivity contribution >= 4 is 38.6 Å². The molecule has 0 aliphatic carbocycles. The number of nitrogens with one attached hydrogen (secondary N) is 2. The number of esters is 1. The first kappa shape index (κ1) is 23.3. The molecule has 3 aromatic rings. The third kappa shape index (κ3) is 5.65. The van der Waals surface area contributed by atoms with Crippen molar-refractivity contribution in [2.45, 2.75) is 44.2 Å². The molecule has 9 nitrogen and oxygen atoms in total. The third-order valence-electron chi connectivity index (χ3n) is 4.47. The van der Waals surface area contributed by atoms with Crippen LogP contribution in [0.4, 0.5) is 5.69 Å². The summed E-state index contributed by atoms with van der Waals surface area (Å²) in [5.74, 6) is -1.13. The minimum Gasteiger partial charge on any atom is -0.508 e. The number of ether oxygens (including phenoxy) is 1. The molecule has 1 heterocycles. The molecule has 1 atom stereocenters. The van der Waals surface area contributed by atoms with E-state index in [9.17, 15) is 23.1 Å². The number of carbonyl (C=O) groups is 2. The fourth-order valence-electron chi connectivity index (χ4n) is 3.00. The van der Waals surface area contributed by atoms with Crippen molar-refractivity contribution in [2.75, 3.05) is 5.32 Å². The molecule has 2 aromatic carbocycles. The largest absolute Gasteiger partial charge is 0.508 e. The van der Waals surface area contributed by atoms with Gasteiger partial charge in [0.15, 0.2) is 6.10 Å². The Balaban J connectivity index is 1.57. The van der Waals surface area contributed by atoms with Crippen LogP contribution in [-0.4, -0.2) is 37.5 Å². The van der Waals surface area contributed by atoms with Gasteiger partial charge >= 0.3 is 5.97 Å². The van der Waals surface area contributed by atoms with Crippen LogP contribution in [0.15, 0.2) is 58.0 Å². The topological polar surface area (TPSA) is 135 Å². The number of phenols is 1. The van der Waals surface area contributed by atoms with E-state index in [1.54, 1.807) is 19.9 Å². The first-order valence-corrected chi connectivity index (χ1v) is 11.4. The van der Waals surface area contributed by atoms with Gasteiger partial charge in [0, 0.05) is 28.7 Å². The lowest BCUT2D eigenvalue weighted by atomic mass is 10.1. The molecule has 0 saturated carbocycles. The van der Waals surface area contributed by atoms with Gasteiger partial charge in [-0.3, -0.25) is 9.59 Å². The van der Waals surface area contributed by atoms with Gasteiger partial charge < -0.3 is 19.6 Å². The van der Waals surface area contributed by atoms with E-state index in [-0.39, 0.29) is 23.1 Å². The lowest BCUT2D eigenvalue weighted by Gasteiger charge is -2.14. The molecular weight excluding hydrogens is 436 g/mol. The van der Waals surface area contributed by atoms with Gasteiger partial charge in [-0.2, -0.15) is 0 Å². The number of anilines is 1. The lowest BCUT2D eigenvalue weighted by Crippen LogP contribution is -2.31. The molecule has 1 unspecified atom stereocenters. The summed E-state index contributed by atoms with van der Waals surface area (Å²) in [6.45, 7) is 4.87. The van der Waals surface area contributed by atoms with Crippen LogP contribution < -0.4 is 10.0 Å². The van der Waals surface area contributed by atoms with Crippen molar-refractivity contribution in [3.05, 3.63) is 54.3 Å². The zero-order valence-electron chi connectivity index (χ0n) is 17.8. The molecule has 10 heteroatoms. The summed E-state index contributed by atoms with van der Waals surface area (Å²) >= 11 is 0. The molecule has 0 fully saturated rings. The molecule has 0 radical (unpaired) electrons. The number of sulfonamides is 1. The highest BCUT2D eigenvalue weighted by atomic mass is 32.2. The summed E-state index contributed by atoms with van der Waals surface area (Å²) in [4.78, 5) is 24.7. The van der Waals surface area contributed by atoms with Crippen molar-refractivity contribution in [1.82, 2.24) is 4.72 Å². The van der Waals surface area contributed by atoms with Crippen LogP contribution in [0.25, 0.3) is 11.0 Å². The molecule has 3 rings (SSSR count). The number of hydrogen-bond acceptors (Lipinski definition) is 7. The van der Waals surface area contributed by atoms with Gasteiger partial charge in [0.2, 0.25) is 10.0 Å². The monoisotopic (exact) mass is 460 g/mol. The summed E-state index contributed by atoms with van der Waals surface area (Å²) in [5, 5.41) is 12.7. The molecule has 1 aromatic heterocycles. The summed E-state index contributed by atoms with van der Waals surface area (Å²) < 4.78 is 37.3. The van der Waals surface area contributed by atoms with Crippen LogP contribution in [0.2, 0.25) is 0 Å². The van der Waals surface area contributed by atoms with E-state index in [4.69, 9.17) is 9.15 Å². The first-order chi connectivity index (χ1) is 15.0. The van der Waals surface area contributed by atoms with Crippen LogP contribution in [0, 0.1) is 0 Å². The zero-order chi connectivity index (χ0) is 23.5. The maximum Gasteiger partial charge on any atom is 0.311 e. The second-order valence-electron chi connectivity index (χ2n) is 7.54. The molecule has 3 N–H and O–H groups in total. The standard InChI is InChI=1S/C22H24N2O7S/c1-13(2)24-32(28,29)18-7-4-16(5-8-18)23-22(27)14(3)31-21(26)10-15-12-30-20-11-17(25)6-9-19(15)20/h4-9,11-14,24-25H,10H2,1-3H3,(H,23,27). The number of aromatic hydroxyl groups is 1. The smallest absolute Gasteiger partial charge is 0.311 e. The van der Waals surface area contributed by atoms with Crippen LogP contribution in [0.5, 0.6) is 5.75 Å². The van der Waals surface area contributed by atoms with Gasteiger partial charge in [-0.15, -0.1) is 0 Å². The minimum absolute atomic E-state index is 0.0492. The number of furan rings is 1. The molecule has 0 aliphatic rings. The maximum atomic E-state index is 12.4. The Labute approximate surface area is 185 Å². The second-order valence-corrected chi connectivity index (χ2v) is 9.25. The molecule has 170 valence electrons. The molecule has 32 heavy (non-hydrogen) atoms. The van der Waals surface area contributed by atoms with E-state index in [0.29, 0.717) is 22.2 Å². The summed E-state index contributed by atoms with van der Waals surface area (Å²) in [6.07, 6.45) is 0.223. The van der Waals surface area contributed by atoms with Gasteiger partial charge in [0.05, 0.1) is 17.6 Å². The van der Waals surface area contributed by atoms with Crippen LogP contribution in [0.3, 0.4) is 0 Å². The van der Waals surface area contributed by atoms with Gasteiger partial charge in [-0.1, -0.05) is 0 Å². The van der Waals surface area contributed by atoms with Crippen molar-refractivity contribution < 1.29 is 32.3 Å². The Bertz CT molecular complexity index is 1230. The van der Waals surface area contributed by atoms with E-state index < -0.39 is 28.0 Å². The Morgan fingerprint density at radius 1 is 1.09 bits per heavy atom. The molecule has 0 spiro atoms. The normalized spacial score (nSPS) is 12.6. The summed E-state index contributed by atoms with van der Waals surface area (Å²) in [7, 11) is -3.63. The van der Waals surface area contributed by atoms with E-state index in [2.05, 4.69) is 10.0 Å². The molecule has 1 amide bonds. The maximum absolute atomic E-state index is 12.4. The quantitative estimate of drug-likeness (QED) is 0.440. The Morgan fingerprint density at radius 3 is 2.44 bits per heavy atom. The number of hydrogen-bond donors (Lipinski definition) is 3. The Morgan fingerprint density at radius 2 is 1.78 bits per heavy atom. The Kier molecular flexibility index (Phi) is 6.85. The first-order valence-electron chi connectivity index (χ1n) is 9.87. The predicted octanol–water partition coefficient (Wildman–Crippen LogP) is 2.94. The van der Waals surface area contributed by atoms with Crippen LogP contribution >= 0.6 is 0 Å². The molecule has 0 bridgehead atoms. The summed E-state index contributed by atoms with van der Waals surface area (Å²) in [6, 6.07) is 9.96. The number of fused-ring (bicyclic) bond motifs is 1. The fourth-order valence-corrected chi connectivity index (χ4v) is 4.25. The second kappa shape index (κ2) is 9.41. The van der Waals surface area contributed by atoms with E-state index in [0.717, 1.165) is 0 Å². The summed E-state index contributed by atoms with van der Waals surface area (Å²) in [5.41, 5.74) is 1.37. The number of amides is 1. The van der Waals surface area contributed by atoms with Crippen molar-refractivity contribution in [3.63, 3.8) is 0 Å². The number of rotatable bonds is 8.